The van der Waals surface area contributed by atoms with E-state index in [4.69, 9.17) is 131 Å². The van der Waals surface area contributed by atoms with Crippen molar-refractivity contribution < 1.29 is 156 Å². The van der Waals surface area contributed by atoms with Gasteiger partial charge in [0.05, 0.1) is 13.2 Å². The largest absolute Gasteiger partial charge is 0.436 e. The van der Waals surface area contributed by atoms with Gasteiger partial charge in [0.1, 0.15) is 83.4 Å². The van der Waals surface area contributed by atoms with Crippen LogP contribution in [0.5, 0.6) is 0 Å². The molecule has 130 heavy (non-hydrogen) atoms. The quantitative estimate of drug-likeness (QED) is 0.0163. The summed E-state index contributed by atoms with van der Waals surface area (Å²) < 4.78 is 149. The van der Waals surface area contributed by atoms with Gasteiger partial charge in [0.2, 0.25) is 0 Å². The van der Waals surface area contributed by atoms with Gasteiger partial charge in [0.25, 0.3) is 0 Å². The SMILES string of the molecule is CCCC[Si](C)(C)O[Si](C)(C)O[Si](C)(C)O[Si](C)(C)O[Si](C)(C)O[Si](C)(C)O[Si](C)(C)O[Si](C)(C)O[Si](C)(C)O[Si](C)(C)O[Si](C)(C)CCCOCC(O)COOCC(O)COOCC(O)COOCC(O)COOCC(O)COCCC[Si](C)(C)O[Si](C)(C)O[Si](C)(C)O[Si](C)(C)O[Si](C)(C)O[Si](C)(C)O[Si](C)(C)O[Si](C)(C)O[Si](C)(C)O[Si](C)(C)O[Si](C)(C)CCCC. The van der Waals surface area contributed by atoms with E-state index in [9.17, 15) is 25.5 Å². The molecule has 0 radical (unpaired) electrons. The van der Waals surface area contributed by atoms with Gasteiger partial charge >= 0.3 is 154 Å². The smallest absolute Gasteiger partial charge is 0.314 e. The molecule has 0 spiro atoms. The molecule has 4 unspecified atom stereocenters. The number of aliphatic hydroxyl groups excluding tert-OH is 5. The molecule has 0 fully saturated rings. The van der Waals surface area contributed by atoms with Gasteiger partial charge in [-0.3, -0.25) is 0 Å². The first-order valence-electron chi connectivity index (χ1n) is 46.5. The van der Waals surface area contributed by atoms with Crippen molar-refractivity contribution in [2.45, 2.75) is 395 Å². The second-order valence-corrected chi connectivity index (χ2v) is 127. The highest BCUT2D eigenvalue weighted by Gasteiger charge is 2.55. The normalized spacial score (nSPS) is 16.2. The highest BCUT2D eigenvalue weighted by atomic mass is 28.6. The maximum absolute atomic E-state index is 10.5. The Morgan fingerprint density at radius 3 is 0.385 bits per heavy atom. The molecule has 0 amide bonds. The zero-order valence-corrected chi connectivity index (χ0v) is 112. The van der Waals surface area contributed by atoms with Crippen molar-refractivity contribution in [2.24, 2.45) is 0 Å². The Balaban J connectivity index is 4.66. The van der Waals surface area contributed by atoms with E-state index in [1.54, 1.807) is 0 Å². The zero-order chi connectivity index (χ0) is 102. The van der Waals surface area contributed by atoms with Crippen LogP contribution in [0.2, 0.25) is 312 Å². The second kappa shape index (κ2) is 55.8. The lowest BCUT2D eigenvalue weighted by Crippen LogP contribution is -2.62. The molecule has 0 saturated heterocycles. The van der Waals surface area contributed by atoms with Gasteiger partial charge in [0, 0.05) is 13.2 Å². The standard InChI is InChI=1S/C73H192O35Si22/c1-47-49-55-109(3,4)89-113(11,12)93-117(19,20)97-121(27,28)101-125(35,36)105-129(43,44)107-127(39,40)103-123(31,32)99-119(23,24)95-115(15,16)91-111(7,8)57-51-53-79-59-69(74)61-81-83-63-71(76)65-85-87-67-73(78)68-88-86-66-72(77)64-84-82-62-70(75)60-80-54-52-58-112(9,10)92-116(17,18)96-120(25,26)100-124(33,34)104-128(41,42)108-130(45,46)106-126(37,38)102-122(29,30)98-118(21,22)94-114(13,14)90-110(5,6)56-50-48-2/h69-78H,47-68H2,1-46H3. The Bertz CT molecular complexity index is 2940. The summed E-state index contributed by atoms with van der Waals surface area (Å²) in [6.45, 7) is 94.9. The van der Waals surface area contributed by atoms with E-state index in [0.717, 1.165) is 49.9 Å². The topological polar surface area (TPSA) is 378 Å². The molecule has 0 aliphatic rings. The average molecular weight is 2250 g/mol. The monoisotopic (exact) mass is 2240 g/mol. The van der Waals surface area contributed by atoms with Gasteiger partial charge in [-0.1, -0.05) is 39.5 Å². The van der Waals surface area contributed by atoms with Crippen molar-refractivity contribution in [3.05, 3.63) is 0 Å². The average Bonchev–Trinajstić information content (AvgIpc) is 0.799. The molecule has 5 N–H and O–H groups in total. The second-order valence-electron chi connectivity index (χ2n) is 44.4. The Labute approximate surface area is 811 Å². The summed E-state index contributed by atoms with van der Waals surface area (Å²) in [5.74, 6) is 0. The van der Waals surface area contributed by atoms with Gasteiger partial charge in [0.15, 0.2) is 33.3 Å². The van der Waals surface area contributed by atoms with Crippen molar-refractivity contribution in [1.29, 1.82) is 0 Å². The third kappa shape index (κ3) is 69.4. The van der Waals surface area contributed by atoms with E-state index in [-0.39, 0.29) is 66.1 Å². The van der Waals surface area contributed by atoms with E-state index in [0.29, 0.717) is 26.1 Å². The maximum atomic E-state index is 10.5. The number of hydrogen-bond donors (Lipinski definition) is 5. The molecule has 0 saturated carbocycles. The molecule has 0 rings (SSSR count). The molecule has 35 nitrogen and oxygen atoms in total. The molecule has 4 atom stereocenters. The maximum Gasteiger partial charge on any atom is 0.314 e. The Hall–Kier alpha value is 3.37. The molecular weight excluding hydrogens is 2050 g/mol. The van der Waals surface area contributed by atoms with Crippen LogP contribution >= 0.6 is 0 Å². The van der Waals surface area contributed by atoms with Crippen molar-refractivity contribution in [2.75, 3.05) is 79.3 Å². The lowest BCUT2D eigenvalue weighted by Gasteiger charge is -2.45. The summed E-state index contributed by atoms with van der Waals surface area (Å²) in [5, 5.41) is 51.6. The fourth-order valence-electron chi connectivity index (χ4n) is 16.8. The number of rotatable bonds is 78. The van der Waals surface area contributed by atoms with Crippen LogP contribution in [0, 0.1) is 0 Å². The summed E-state index contributed by atoms with van der Waals surface area (Å²) in [6.07, 6.45) is 0.513. The third-order valence-electron chi connectivity index (χ3n) is 17.4. The Morgan fingerprint density at radius 1 is 0.154 bits per heavy atom. The molecular formula is C73H192O35Si22. The van der Waals surface area contributed by atoms with Crippen molar-refractivity contribution in [1.82, 2.24) is 0 Å². The molecule has 57 heteroatoms. The molecule has 0 aromatic heterocycles. The van der Waals surface area contributed by atoms with E-state index < -0.39 is 218 Å². The van der Waals surface area contributed by atoms with Crippen molar-refractivity contribution >= 4 is 187 Å². The lowest BCUT2D eigenvalue weighted by atomic mass is 10.4. The molecule has 0 aromatic carbocycles. The van der Waals surface area contributed by atoms with Crippen LogP contribution in [0.4, 0.5) is 0 Å². The van der Waals surface area contributed by atoms with Crippen LogP contribution in [0.15, 0.2) is 0 Å². The van der Waals surface area contributed by atoms with Crippen LogP contribution in [0.1, 0.15) is 52.4 Å². The fraction of sp³-hybridized carbons (Fsp3) is 1.00. The number of unbranched alkanes of at least 4 members (excludes halogenated alkanes) is 2. The van der Waals surface area contributed by atoms with Crippen LogP contribution in [0.3, 0.4) is 0 Å². The first-order valence-corrected chi connectivity index (χ1v) is 110. The van der Waals surface area contributed by atoms with Gasteiger partial charge < -0.3 is 117 Å². The Kier molecular flexibility index (Phi) is 57.2. The van der Waals surface area contributed by atoms with Gasteiger partial charge in [-0.15, -0.1) is 0 Å². The van der Waals surface area contributed by atoms with Crippen molar-refractivity contribution in [3.63, 3.8) is 0 Å². The lowest BCUT2D eigenvalue weighted by molar-refractivity contribution is -0.355. The molecule has 0 aliphatic carbocycles. The van der Waals surface area contributed by atoms with Gasteiger partial charge in [-0.2, -0.15) is 0 Å². The predicted molar refractivity (Wildman–Crippen MR) is 564 cm³/mol. The van der Waals surface area contributed by atoms with E-state index in [2.05, 4.69) is 197 Å². The minimum Gasteiger partial charge on any atom is -0.436 e. The first kappa shape index (κ1) is 133. The summed E-state index contributed by atoms with van der Waals surface area (Å²) in [4.78, 5) is 40.1. The van der Waals surface area contributed by atoms with E-state index in [1.807, 2.05) is 105 Å². The van der Waals surface area contributed by atoms with Gasteiger partial charge in [-0.25, -0.2) is 39.1 Å². The minimum atomic E-state index is -2.83. The predicted octanol–water partition coefficient (Wildman–Crippen LogP) is 17.8. The van der Waals surface area contributed by atoms with E-state index in [1.165, 1.54) is 0 Å². The zero-order valence-electron chi connectivity index (χ0n) is 89.9. The first-order chi connectivity index (χ1) is 57.9. The highest BCUT2D eigenvalue weighted by molar-refractivity contribution is 6.96. The minimum absolute atomic E-state index is 0.00139. The molecule has 782 valence electrons. The number of hydrogen-bond acceptors (Lipinski definition) is 35. The van der Waals surface area contributed by atoms with Crippen LogP contribution in [-0.4, -0.2) is 323 Å². The summed E-state index contributed by atoms with van der Waals surface area (Å²) >= 11 is 0. The molecule has 0 heterocycles. The summed E-state index contributed by atoms with van der Waals surface area (Å²) in [6, 6.07) is 3.81. The molecule has 0 bridgehead atoms. The summed E-state index contributed by atoms with van der Waals surface area (Å²) in [7, 11) is -57.6. The van der Waals surface area contributed by atoms with Crippen LogP contribution < -0.4 is 0 Å². The highest BCUT2D eigenvalue weighted by Crippen LogP contribution is 2.37. The van der Waals surface area contributed by atoms with Crippen LogP contribution in [-0.2, 0) is 131 Å². The molecule has 0 aromatic rings. The summed E-state index contributed by atoms with van der Waals surface area (Å²) in [5.41, 5.74) is 0. The van der Waals surface area contributed by atoms with Gasteiger partial charge in [-0.05, 0) is 325 Å². The fourth-order valence-corrected chi connectivity index (χ4v) is 130. The molecule has 0 aliphatic heterocycles. The number of aliphatic hydroxyl groups is 5. The van der Waals surface area contributed by atoms with Crippen LogP contribution in [0.25, 0.3) is 0 Å². The third-order valence-corrected chi connectivity index (χ3v) is 103. The van der Waals surface area contributed by atoms with Crippen molar-refractivity contribution in [3.8, 4) is 0 Å². The van der Waals surface area contributed by atoms with E-state index >= 15 is 0 Å². The Morgan fingerprint density at radius 2 is 0.262 bits per heavy atom. The number of ether oxygens (including phenoxy) is 2.